The van der Waals surface area contributed by atoms with Gasteiger partial charge in [-0.15, -0.1) is 0 Å². The molecule has 0 amide bonds. The molecule has 6 aromatic rings. The monoisotopic (exact) mass is 1110 g/mol. The summed E-state index contributed by atoms with van der Waals surface area (Å²) in [5.74, 6) is 2.72. The van der Waals surface area contributed by atoms with Gasteiger partial charge in [-0.25, -0.2) is 4.99 Å². The number of hydrogen-bond donors (Lipinski definition) is 12. The lowest BCUT2D eigenvalue weighted by Gasteiger charge is -2.24. The summed E-state index contributed by atoms with van der Waals surface area (Å²) in [4.78, 5) is 28.8. The van der Waals surface area contributed by atoms with E-state index in [9.17, 15) is 31.2 Å². The molecule has 0 aliphatic rings. The molecule has 0 heterocycles. The van der Waals surface area contributed by atoms with Gasteiger partial charge < -0.3 is 0 Å². The van der Waals surface area contributed by atoms with E-state index >= 15 is 0 Å². The van der Waals surface area contributed by atoms with Crippen molar-refractivity contribution in [2.24, 2.45) is 30.0 Å². The molecule has 0 spiro atoms. The van der Waals surface area contributed by atoms with Crippen LogP contribution in [-0.2, 0) is 0 Å². The van der Waals surface area contributed by atoms with Crippen molar-refractivity contribution < 1.29 is 31.2 Å². The predicted molar refractivity (Wildman–Crippen MR) is 325 cm³/mol. The molecular formula is C62H83N13O6. The number of aryl methyl sites for hydroxylation is 6. The van der Waals surface area contributed by atoms with Crippen LogP contribution in [-0.4, -0.2) is 124 Å². The maximum Gasteiger partial charge on any atom is 0.153 e. The van der Waals surface area contributed by atoms with E-state index in [2.05, 4.69) is 69.7 Å². The first-order valence-electron chi connectivity index (χ1n) is 27.1. The number of aliphatic imine (C=N–C) groups is 6. The van der Waals surface area contributed by atoms with E-state index in [4.69, 9.17) is 4.99 Å². The molecule has 0 radical (unpaired) electrons. The summed E-state index contributed by atoms with van der Waals surface area (Å²) in [5, 5.41) is 56.0. The van der Waals surface area contributed by atoms with Gasteiger partial charge in [0.1, 0.15) is 6.17 Å². The Hall–Kier alpha value is -8.14. The van der Waals surface area contributed by atoms with Crippen molar-refractivity contribution in [2.75, 3.05) is 46.3 Å². The van der Waals surface area contributed by atoms with Crippen LogP contribution in [0.2, 0.25) is 0 Å². The van der Waals surface area contributed by atoms with Crippen LogP contribution in [0.4, 0.5) is 0 Å². The fraction of sp³-hybridized carbons (Fsp3) is 0.323. The van der Waals surface area contributed by atoms with Crippen LogP contribution in [0.5, 0.6) is 0 Å². The van der Waals surface area contributed by atoms with E-state index in [0.29, 0.717) is 74.2 Å². The molecule has 19 heteroatoms. The smallest absolute Gasteiger partial charge is 0.153 e. The maximum atomic E-state index is 9.55. The van der Waals surface area contributed by atoms with E-state index in [0.717, 1.165) is 99.0 Å². The van der Waals surface area contributed by atoms with Gasteiger partial charge in [0, 0.05) is 72.6 Å². The van der Waals surface area contributed by atoms with Crippen LogP contribution in [0, 0.1) is 41.5 Å². The van der Waals surface area contributed by atoms with E-state index < -0.39 is 0 Å². The Bertz CT molecular complexity index is 2800. The van der Waals surface area contributed by atoms with E-state index in [-0.39, 0.29) is 6.17 Å². The Kier molecular flexibility index (Phi) is 29.8. The Morgan fingerprint density at radius 1 is 0.333 bits per heavy atom. The molecular weight excluding hydrogens is 1020 g/mol. The third kappa shape index (κ3) is 23.6. The van der Waals surface area contributed by atoms with Gasteiger partial charge in [-0.1, -0.05) is 186 Å². The first-order chi connectivity index (χ1) is 39.2. The molecule has 0 aliphatic carbocycles. The van der Waals surface area contributed by atoms with Crippen molar-refractivity contribution in [3.05, 3.63) is 212 Å². The predicted octanol–water partition coefficient (Wildman–Crippen LogP) is 9.59. The normalized spacial score (nSPS) is 12.6. The number of benzene rings is 6. The second-order valence-electron chi connectivity index (χ2n) is 19.3. The summed E-state index contributed by atoms with van der Waals surface area (Å²) in [6.45, 7) is 17.7. The number of unbranched alkanes of at least 4 members (excludes halogenated alkanes) is 1. The summed E-state index contributed by atoms with van der Waals surface area (Å²) in [7, 11) is 2.01. The first-order valence-corrected chi connectivity index (χ1v) is 27.1. The van der Waals surface area contributed by atoms with Crippen molar-refractivity contribution in [1.29, 1.82) is 0 Å². The first kappa shape index (κ1) is 65.4. The molecule has 6 aromatic carbocycles. The average Bonchev–Trinajstić information content (AvgIpc) is 3.48. The van der Waals surface area contributed by atoms with Gasteiger partial charge in [0.2, 0.25) is 0 Å². The Balaban J connectivity index is 0.000000263. The molecule has 1 atom stereocenters. The topological polar surface area (TPSA) is 271 Å². The number of hydrogen-bond acceptors (Lipinski definition) is 13. The lowest BCUT2D eigenvalue weighted by atomic mass is 10.1. The quantitative estimate of drug-likeness (QED) is 0.0131. The van der Waals surface area contributed by atoms with E-state index in [1.54, 1.807) is 0 Å². The molecule has 432 valence electrons. The zero-order valence-corrected chi connectivity index (χ0v) is 48.0. The number of amidine groups is 6. The molecule has 0 saturated carbocycles. The largest absolute Gasteiger partial charge is 0.290 e. The van der Waals surface area contributed by atoms with Crippen molar-refractivity contribution in [3.63, 3.8) is 0 Å². The van der Waals surface area contributed by atoms with Crippen LogP contribution in [0.15, 0.2) is 176 Å². The zero-order valence-electron chi connectivity index (χ0n) is 48.0. The molecule has 0 fully saturated rings. The van der Waals surface area contributed by atoms with Crippen molar-refractivity contribution >= 4 is 35.0 Å². The molecule has 19 nitrogen and oxygen atoms in total. The fourth-order valence-corrected chi connectivity index (χ4v) is 7.76. The van der Waals surface area contributed by atoms with Crippen molar-refractivity contribution in [1.82, 2.24) is 37.8 Å². The van der Waals surface area contributed by atoms with Gasteiger partial charge in [-0.2, -0.15) is 0 Å². The number of nitrogens with zero attached hydrogens (tertiary/aromatic N) is 7. The lowest BCUT2D eigenvalue weighted by Crippen LogP contribution is -2.34. The van der Waals surface area contributed by atoms with Crippen LogP contribution < -0.4 is 32.9 Å². The SMILES string of the molecule is CCC(N=C(NO)c1ccc(C)cc1)N(C)CCCN=C(NO)c1ccc(C)cc1.Cc1ccc(C(=NCCCCN=C(NO)c2ccc(C)cc2)NO)cc1.Cc1ccc(C(=NCCCN=C(NO)c2ccc(C)cc2)NO)cc1. The van der Waals surface area contributed by atoms with Crippen LogP contribution in [0.25, 0.3) is 0 Å². The third-order valence-corrected chi connectivity index (χ3v) is 12.6. The number of rotatable bonds is 22. The van der Waals surface area contributed by atoms with Crippen LogP contribution in [0.3, 0.4) is 0 Å². The minimum absolute atomic E-state index is 0.0718. The highest BCUT2D eigenvalue weighted by Gasteiger charge is 2.14. The zero-order chi connectivity index (χ0) is 58.8. The molecule has 0 bridgehead atoms. The van der Waals surface area contributed by atoms with Gasteiger partial charge in [-0.05, 0) is 80.7 Å². The molecule has 6 rings (SSSR count). The standard InChI is InChI=1S/C23H33N5O2.C20H26N4O2.C19H24N4O2/c1-5-21(25-23(27-30)20-13-9-18(3)10-14-20)28(4)16-6-15-24-22(26-29)19-11-7-17(2)8-12-19;1-15-5-9-17(10-6-15)19(23-25)21-13-3-4-14-22-20(24-26)18-11-7-16(2)8-12-18;1-14-4-8-16(9-5-14)18(22-24)20-12-3-13-21-19(23-25)17-10-6-15(2)7-11-17/h7-14,21,29-30H,5-6,15-16H2,1-4H3,(H,24,26)(H,25,27);5-12,25-26H,3-4,13-14H2,1-2H3,(H,21,23)(H,22,24);4-11,24-25H,3,12-13H2,1-2H3,(H,20,22)(H,21,23). The summed E-state index contributed by atoms with van der Waals surface area (Å²) < 4.78 is 0. The lowest BCUT2D eigenvalue weighted by molar-refractivity contribution is 0.220. The van der Waals surface area contributed by atoms with Crippen LogP contribution >= 0.6 is 0 Å². The van der Waals surface area contributed by atoms with E-state index in [1.165, 1.54) is 0 Å². The highest BCUT2D eigenvalue weighted by atomic mass is 16.5. The van der Waals surface area contributed by atoms with E-state index in [1.807, 2.05) is 194 Å². The van der Waals surface area contributed by atoms with Gasteiger partial charge in [0.15, 0.2) is 35.0 Å². The van der Waals surface area contributed by atoms with Gasteiger partial charge >= 0.3 is 0 Å². The molecule has 1 unspecified atom stereocenters. The minimum atomic E-state index is -0.0718. The second-order valence-corrected chi connectivity index (χ2v) is 19.3. The molecule has 81 heavy (non-hydrogen) atoms. The molecule has 0 saturated heterocycles. The third-order valence-electron chi connectivity index (χ3n) is 12.6. The van der Waals surface area contributed by atoms with Gasteiger partial charge in [-0.3, -0.25) is 94.0 Å². The summed E-state index contributed by atoms with van der Waals surface area (Å²) in [6.07, 6.45) is 3.89. The summed E-state index contributed by atoms with van der Waals surface area (Å²) >= 11 is 0. The fourth-order valence-electron chi connectivity index (χ4n) is 7.76. The van der Waals surface area contributed by atoms with Crippen molar-refractivity contribution in [3.8, 4) is 0 Å². The second kappa shape index (κ2) is 36.9. The maximum absolute atomic E-state index is 9.55. The summed E-state index contributed by atoms with van der Waals surface area (Å²) in [5.41, 5.74) is 25.0. The highest BCUT2D eigenvalue weighted by molar-refractivity contribution is 6.00. The summed E-state index contributed by atoms with van der Waals surface area (Å²) in [6, 6.07) is 46.8. The molecule has 0 aromatic heterocycles. The minimum Gasteiger partial charge on any atom is -0.290 e. The van der Waals surface area contributed by atoms with Crippen LogP contribution in [0.1, 0.15) is 106 Å². The average molecular weight is 1110 g/mol. The van der Waals surface area contributed by atoms with Gasteiger partial charge in [0.25, 0.3) is 0 Å². The Morgan fingerprint density at radius 3 is 0.765 bits per heavy atom. The van der Waals surface area contributed by atoms with Gasteiger partial charge in [0.05, 0.1) is 0 Å². The number of hydroxylamine groups is 6. The van der Waals surface area contributed by atoms with Crippen molar-refractivity contribution in [2.45, 2.75) is 86.7 Å². The molecule has 12 N–H and O–H groups in total. The highest BCUT2D eigenvalue weighted by Crippen LogP contribution is 2.12. The molecule has 0 aliphatic heterocycles. The number of nitrogens with one attached hydrogen (secondary N) is 6. The Morgan fingerprint density at radius 2 is 0.543 bits per heavy atom. The Labute approximate surface area is 477 Å².